The maximum Gasteiger partial charge on any atom is 0.253 e. The van der Waals surface area contributed by atoms with Crippen molar-refractivity contribution >= 4 is 28.9 Å². The molecule has 4 nitrogen and oxygen atoms in total. The molecule has 3 atom stereocenters. The number of nitrogens with zero attached hydrogens (tertiary/aromatic N) is 3. The van der Waals surface area contributed by atoms with Crippen LogP contribution in [0.5, 0.6) is 0 Å². The number of hydrogen-bond donors (Lipinski definition) is 0. The van der Waals surface area contributed by atoms with Crippen molar-refractivity contribution in [1.82, 2.24) is 0 Å². The Morgan fingerprint density at radius 1 is 1.22 bits per heavy atom. The lowest BCUT2D eigenvalue weighted by Crippen LogP contribution is -2.45. The lowest BCUT2D eigenvalue weighted by molar-refractivity contribution is -0.120. The fourth-order valence-corrected chi connectivity index (χ4v) is 3.48. The van der Waals surface area contributed by atoms with E-state index < -0.39 is 12.1 Å². The summed E-state index contributed by atoms with van der Waals surface area (Å²) in [4.78, 5) is 19.9. The van der Waals surface area contributed by atoms with Crippen molar-refractivity contribution in [2.24, 2.45) is 10.9 Å². The quantitative estimate of drug-likeness (QED) is 0.762. The zero-order valence-electron chi connectivity index (χ0n) is 15.7. The Morgan fingerprint density at radius 3 is 2.56 bits per heavy atom. The molecule has 1 heterocycles. The normalized spacial score (nSPS) is 18.8. The summed E-state index contributed by atoms with van der Waals surface area (Å²) >= 11 is 6.28. The molecule has 0 radical (unpaired) electrons. The van der Waals surface area contributed by atoms with Gasteiger partial charge in [0.15, 0.2) is 0 Å². The minimum absolute atomic E-state index is 0.0504. The molecule has 2 aromatic carbocycles. The summed E-state index contributed by atoms with van der Waals surface area (Å²) < 4.78 is 0. The second-order valence-electron chi connectivity index (χ2n) is 6.85. The fraction of sp³-hybridized carbons (Fsp3) is 0.318. The van der Waals surface area contributed by atoms with Crippen LogP contribution in [0.15, 0.2) is 53.5 Å². The Balaban J connectivity index is 2.31. The van der Waals surface area contributed by atoms with E-state index in [2.05, 4.69) is 6.07 Å². The Bertz CT molecular complexity index is 917. The highest BCUT2D eigenvalue weighted by molar-refractivity contribution is 6.32. The first-order chi connectivity index (χ1) is 13.0. The summed E-state index contributed by atoms with van der Waals surface area (Å²) in [5, 5.41) is 10.1. The monoisotopic (exact) mass is 379 g/mol. The van der Waals surface area contributed by atoms with Gasteiger partial charge >= 0.3 is 0 Å². The molecule has 5 heteroatoms. The zero-order valence-corrected chi connectivity index (χ0v) is 16.4. The van der Waals surface area contributed by atoms with E-state index in [4.69, 9.17) is 16.6 Å². The van der Waals surface area contributed by atoms with Gasteiger partial charge in [0.2, 0.25) is 0 Å². The number of amides is 1. The highest BCUT2D eigenvalue weighted by atomic mass is 35.5. The van der Waals surface area contributed by atoms with Gasteiger partial charge in [-0.3, -0.25) is 14.7 Å². The van der Waals surface area contributed by atoms with Crippen LogP contribution < -0.4 is 4.90 Å². The summed E-state index contributed by atoms with van der Waals surface area (Å²) in [5.74, 6) is -0.0951. The van der Waals surface area contributed by atoms with Crippen LogP contribution in [-0.4, -0.2) is 23.7 Å². The third-order valence-corrected chi connectivity index (χ3v) is 5.27. The predicted octanol–water partition coefficient (Wildman–Crippen LogP) is 4.85. The summed E-state index contributed by atoms with van der Waals surface area (Å²) in [7, 11) is 0. The van der Waals surface area contributed by atoms with E-state index >= 15 is 0 Å². The predicted molar refractivity (Wildman–Crippen MR) is 109 cm³/mol. The van der Waals surface area contributed by atoms with Gasteiger partial charge < -0.3 is 0 Å². The molecule has 27 heavy (non-hydrogen) atoms. The van der Waals surface area contributed by atoms with Crippen LogP contribution in [0.4, 0.5) is 5.69 Å². The van der Waals surface area contributed by atoms with Crippen LogP contribution in [0.25, 0.3) is 0 Å². The van der Waals surface area contributed by atoms with Crippen molar-refractivity contribution < 1.29 is 4.79 Å². The number of benzodiazepines with no additional fused rings is 1. The fourth-order valence-electron chi connectivity index (χ4n) is 3.31. The molecule has 1 amide bonds. The maximum atomic E-state index is 13.4. The van der Waals surface area contributed by atoms with Gasteiger partial charge in [-0.25, -0.2) is 0 Å². The van der Waals surface area contributed by atoms with Gasteiger partial charge in [-0.15, -0.1) is 0 Å². The van der Waals surface area contributed by atoms with Crippen molar-refractivity contribution in [3.63, 3.8) is 0 Å². The van der Waals surface area contributed by atoms with E-state index in [1.54, 1.807) is 24.0 Å². The molecule has 2 aromatic rings. The SMILES string of the molecule is CC[C@H](C)[C@@H]1N=C(c2ccccc2)c2cc(Cl)ccc2N(C(C)C#N)C1=O. The van der Waals surface area contributed by atoms with Crippen molar-refractivity contribution in [2.45, 2.75) is 39.3 Å². The number of fused-ring (bicyclic) bond motifs is 1. The number of rotatable bonds is 4. The molecule has 0 aromatic heterocycles. The number of anilines is 1. The van der Waals surface area contributed by atoms with Crippen LogP contribution in [0.3, 0.4) is 0 Å². The van der Waals surface area contributed by atoms with Gasteiger partial charge in [0.1, 0.15) is 12.1 Å². The summed E-state index contributed by atoms with van der Waals surface area (Å²) in [6.45, 7) is 5.80. The Kier molecular flexibility index (Phi) is 5.62. The molecule has 0 N–H and O–H groups in total. The van der Waals surface area contributed by atoms with Gasteiger partial charge in [0.05, 0.1) is 17.5 Å². The molecule has 0 aliphatic carbocycles. The highest BCUT2D eigenvalue weighted by Gasteiger charge is 2.36. The van der Waals surface area contributed by atoms with E-state index in [0.717, 1.165) is 23.3 Å². The maximum absolute atomic E-state index is 13.4. The van der Waals surface area contributed by atoms with Crippen LogP contribution >= 0.6 is 11.6 Å². The zero-order chi connectivity index (χ0) is 19.6. The van der Waals surface area contributed by atoms with Gasteiger partial charge in [0.25, 0.3) is 5.91 Å². The summed E-state index contributed by atoms with van der Waals surface area (Å²) in [6, 6.07) is 16.2. The molecule has 1 aliphatic heterocycles. The van der Waals surface area contributed by atoms with Crippen molar-refractivity contribution in [3.8, 4) is 6.07 Å². The van der Waals surface area contributed by atoms with Gasteiger partial charge in [0, 0.05) is 16.1 Å². The number of halogens is 1. The molecule has 138 valence electrons. The van der Waals surface area contributed by atoms with E-state index in [-0.39, 0.29) is 11.8 Å². The molecular weight excluding hydrogens is 358 g/mol. The van der Waals surface area contributed by atoms with Crippen molar-refractivity contribution in [1.29, 1.82) is 5.26 Å². The van der Waals surface area contributed by atoms with E-state index in [0.29, 0.717) is 10.7 Å². The van der Waals surface area contributed by atoms with E-state index in [1.165, 1.54) is 0 Å². The molecule has 0 saturated carbocycles. The van der Waals surface area contributed by atoms with Crippen molar-refractivity contribution in [2.75, 3.05) is 4.90 Å². The largest absolute Gasteiger partial charge is 0.294 e. The second kappa shape index (κ2) is 7.94. The number of carbonyl (C=O) groups excluding carboxylic acids is 1. The van der Waals surface area contributed by atoms with Crippen LogP contribution in [-0.2, 0) is 4.79 Å². The Labute approximate surface area is 165 Å². The van der Waals surface area contributed by atoms with Crippen LogP contribution in [0.1, 0.15) is 38.3 Å². The third kappa shape index (κ3) is 3.61. The van der Waals surface area contributed by atoms with E-state index in [9.17, 15) is 10.1 Å². The third-order valence-electron chi connectivity index (χ3n) is 5.04. The van der Waals surface area contributed by atoms with Crippen LogP contribution in [0.2, 0.25) is 5.02 Å². The van der Waals surface area contributed by atoms with Crippen LogP contribution in [0, 0.1) is 17.2 Å². The molecule has 0 fully saturated rings. The smallest absolute Gasteiger partial charge is 0.253 e. The van der Waals surface area contributed by atoms with Gasteiger partial charge in [-0.2, -0.15) is 5.26 Å². The first-order valence-electron chi connectivity index (χ1n) is 9.13. The van der Waals surface area contributed by atoms with E-state index in [1.807, 2.05) is 50.2 Å². The van der Waals surface area contributed by atoms with Crippen molar-refractivity contribution in [3.05, 3.63) is 64.7 Å². The lowest BCUT2D eigenvalue weighted by Gasteiger charge is -2.29. The summed E-state index contributed by atoms with van der Waals surface area (Å²) in [6.07, 6.45) is 0.813. The standard InChI is InChI=1S/C22H22ClN3O/c1-4-14(2)20-22(27)26(15(3)13-24)19-11-10-17(23)12-18(19)21(25-20)16-8-6-5-7-9-16/h5-12,14-15,20H,4H2,1-3H3/t14-,15?,20-/m0/s1. The minimum atomic E-state index is -0.602. The number of benzene rings is 2. The Morgan fingerprint density at radius 2 is 1.93 bits per heavy atom. The number of carbonyl (C=O) groups is 1. The van der Waals surface area contributed by atoms with Gasteiger partial charge in [-0.1, -0.05) is 62.2 Å². The first kappa shape index (κ1) is 19.1. The molecule has 0 spiro atoms. The van der Waals surface area contributed by atoms with Gasteiger partial charge in [-0.05, 0) is 31.0 Å². The number of hydrogen-bond acceptors (Lipinski definition) is 3. The average molecular weight is 380 g/mol. The molecule has 1 aliphatic rings. The molecular formula is C22H22ClN3O. The molecule has 1 unspecified atom stereocenters. The molecule has 0 saturated heterocycles. The summed E-state index contributed by atoms with van der Waals surface area (Å²) in [5.41, 5.74) is 3.11. The lowest BCUT2D eigenvalue weighted by atomic mass is 9.97. The first-order valence-corrected chi connectivity index (χ1v) is 9.51. The minimum Gasteiger partial charge on any atom is -0.294 e. The molecule has 0 bridgehead atoms. The Hall–Kier alpha value is -2.64. The average Bonchev–Trinajstić information content (AvgIpc) is 2.81. The topological polar surface area (TPSA) is 56.5 Å². The number of nitriles is 1. The number of aliphatic imine (C=N–C) groups is 1. The highest BCUT2D eigenvalue weighted by Crippen LogP contribution is 2.34. The second-order valence-corrected chi connectivity index (χ2v) is 7.29. The molecule has 3 rings (SSSR count).